The highest BCUT2D eigenvalue weighted by molar-refractivity contribution is 7.16. The van der Waals surface area contributed by atoms with Crippen molar-refractivity contribution in [2.45, 2.75) is 0 Å². The summed E-state index contributed by atoms with van der Waals surface area (Å²) in [6.07, 6.45) is 1.45. The molecule has 0 spiro atoms. The first-order valence-corrected chi connectivity index (χ1v) is 4.38. The van der Waals surface area contributed by atoms with E-state index in [1.54, 1.807) is 11.3 Å². The van der Waals surface area contributed by atoms with Gasteiger partial charge in [-0.05, 0) is 6.07 Å². The molecule has 0 aliphatic carbocycles. The van der Waals surface area contributed by atoms with Gasteiger partial charge in [0.15, 0.2) is 12.0 Å². The van der Waals surface area contributed by atoms with Crippen molar-refractivity contribution in [3.05, 3.63) is 24.0 Å². The molecule has 0 bridgehead atoms. The Morgan fingerprint density at radius 2 is 2.17 bits per heavy atom. The minimum Gasteiger partial charge on any atom is -0.443 e. The van der Waals surface area contributed by atoms with E-state index in [9.17, 15) is 0 Å². The molecule has 12 heavy (non-hydrogen) atoms. The minimum absolute atomic E-state index is 0.799. The largest absolute Gasteiger partial charge is 0.443 e. The topological polar surface area (TPSA) is 38.9 Å². The van der Waals surface area contributed by atoms with Gasteiger partial charge in [0.2, 0.25) is 0 Å². The van der Waals surface area contributed by atoms with Crippen molar-refractivity contribution < 1.29 is 4.42 Å². The molecule has 0 aliphatic rings. The monoisotopic (exact) mass is 176 g/mol. The van der Waals surface area contributed by atoms with Gasteiger partial charge in [-0.15, -0.1) is 11.3 Å². The number of hydrogen-bond acceptors (Lipinski definition) is 4. The number of benzene rings is 1. The van der Waals surface area contributed by atoms with Crippen LogP contribution in [0, 0.1) is 0 Å². The third-order valence-electron chi connectivity index (χ3n) is 1.78. The summed E-state index contributed by atoms with van der Waals surface area (Å²) in [6, 6.07) is 3.90. The zero-order valence-electron chi connectivity index (χ0n) is 6.02. The molecule has 3 rings (SSSR count). The molecule has 2 heterocycles. The summed E-state index contributed by atoms with van der Waals surface area (Å²) in [4.78, 5) is 8.24. The first-order valence-electron chi connectivity index (χ1n) is 3.50. The fourth-order valence-electron chi connectivity index (χ4n) is 1.21. The van der Waals surface area contributed by atoms with Crippen molar-refractivity contribution in [1.82, 2.24) is 9.97 Å². The lowest BCUT2D eigenvalue weighted by Gasteiger charge is -1.85. The van der Waals surface area contributed by atoms with Crippen LogP contribution in [0.3, 0.4) is 0 Å². The predicted molar refractivity (Wildman–Crippen MR) is 47.2 cm³/mol. The number of hydrogen-bond donors (Lipinski definition) is 0. The van der Waals surface area contributed by atoms with E-state index < -0.39 is 0 Å². The van der Waals surface area contributed by atoms with Crippen molar-refractivity contribution in [2.24, 2.45) is 0 Å². The lowest BCUT2D eigenvalue weighted by atomic mass is 10.3. The van der Waals surface area contributed by atoms with E-state index in [0.717, 1.165) is 21.3 Å². The Hall–Kier alpha value is -1.42. The summed E-state index contributed by atoms with van der Waals surface area (Å²) in [5.74, 6) is 0. The van der Waals surface area contributed by atoms with Crippen molar-refractivity contribution >= 4 is 32.7 Å². The van der Waals surface area contributed by atoms with Crippen LogP contribution in [0.4, 0.5) is 0 Å². The van der Waals surface area contributed by atoms with Gasteiger partial charge in [-0.1, -0.05) is 0 Å². The normalized spacial score (nSPS) is 11.3. The van der Waals surface area contributed by atoms with Gasteiger partial charge in [-0.2, -0.15) is 0 Å². The first kappa shape index (κ1) is 6.14. The standard InChI is InChI=1S/C8H4N2OS/c1-6-8(12-4-10-6)2-5-7(1)11-3-9-5/h1-4H. The SMILES string of the molecule is c1nc2cc3scnc3cc2o1. The van der Waals surface area contributed by atoms with Crippen molar-refractivity contribution in [3.63, 3.8) is 0 Å². The fraction of sp³-hybridized carbons (Fsp3) is 0. The predicted octanol–water partition coefficient (Wildman–Crippen LogP) is 2.44. The molecule has 0 aliphatic heterocycles. The van der Waals surface area contributed by atoms with Gasteiger partial charge in [0.1, 0.15) is 5.52 Å². The lowest BCUT2D eigenvalue weighted by Crippen LogP contribution is -1.68. The second kappa shape index (κ2) is 2.04. The Labute approximate surface area is 71.7 Å². The van der Waals surface area contributed by atoms with Gasteiger partial charge in [-0.25, -0.2) is 9.97 Å². The lowest BCUT2D eigenvalue weighted by molar-refractivity contribution is 0.602. The fourth-order valence-corrected chi connectivity index (χ4v) is 1.90. The molecule has 0 atom stereocenters. The molecular weight excluding hydrogens is 172 g/mol. The zero-order chi connectivity index (χ0) is 7.97. The number of fused-ring (bicyclic) bond motifs is 2. The van der Waals surface area contributed by atoms with Crippen LogP contribution in [0.1, 0.15) is 0 Å². The van der Waals surface area contributed by atoms with E-state index in [2.05, 4.69) is 9.97 Å². The smallest absolute Gasteiger partial charge is 0.181 e. The van der Waals surface area contributed by atoms with E-state index in [0.29, 0.717) is 0 Å². The third kappa shape index (κ3) is 0.698. The Morgan fingerprint density at radius 1 is 1.17 bits per heavy atom. The molecule has 0 radical (unpaired) electrons. The van der Waals surface area contributed by atoms with Crippen molar-refractivity contribution in [3.8, 4) is 0 Å². The highest BCUT2D eigenvalue weighted by atomic mass is 32.1. The third-order valence-corrected chi connectivity index (χ3v) is 2.58. The summed E-state index contributed by atoms with van der Waals surface area (Å²) in [5.41, 5.74) is 4.49. The van der Waals surface area contributed by atoms with Crippen molar-refractivity contribution in [1.29, 1.82) is 0 Å². The highest BCUT2D eigenvalue weighted by Gasteiger charge is 2.02. The Bertz CT molecular complexity index is 449. The van der Waals surface area contributed by atoms with Crippen LogP contribution in [0.25, 0.3) is 21.3 Å². The maximum absolute atomic E-state index is 5.15. The van der Waals surface area contributed by atoms with E-state index in [4.69, 9.17) is 4.42 Å². The average molecular weight is 176 g/mol. The average Bonchev–Trinajstić information content (AvgIpc) is 2.64. The summed E-state index contributed by atoms with van der Waals surface area (Å²) in [5, 5.41) is 0. The first-order chi connectivity index (χ1) is 5.93. The molecule has 0 saturated carbocycles. The molecule has 4 heteroatoms. The summed E-state index contributed by atoms with van der Waals surface area (Å²) >= 11 is 1.61. The van der Waals surface area contributed by atoms with Gasteiger partial charge in [0.25, 0.3) is 0 Å². The van der Waals surface area contributed by atoms with E-state index >= 15 is 0 Å². The van der Waals surface area contributed by atoms with Crippen LogP contribution >= 0.6 is 11.3 Å². The number of thiazole rings is 1. The van der Waals surface area contributed by atoms with Gasteiger partial charge in [-0.3, -0.25) is 0 Å². The Balaban J connectivity index is 2.62. The van der Waals surface area contributed by atoms with Crippen LogP contribution in [0.5, 0.6) is 0 Å². The van der Waals surface area contributed by atoms with E-state index in [1.807, 2.05) is 17.6 Å². The van der Waals surface area contributed by atoms with Gasteiger partial charge in [0, 0.05) is 6.07 Å². The number of oxazole rings is 1. The molecule has 0 unspecified atom stereocenters. The van der Waals surface area contributed by atoms with Gasteiger partial charge in [0.05, 0.1) is 15.7 Å². The van der Waals surface area contributed by atoms with Crippen LogP contribution < -0.4 is 0 Å². The molecule has 3 nitrogen and oxygen atoms in total. The minimum atomic E-state index is 0.799. The Morgan fingerprint density at radius 3 is 3.17 bits per heavy atom. The molecule has 0 amide bonds. The van der Waals surface area contributed by atoms with Gasteiger partial charge < -0.3 is 4.42 Å². The molecule has 3 aromatic rings. The van der Waals surface area contributed by atoms with Crippen LogP contribution in [-0.2, 0) is 0 Å². The summed E-state index contributed by atoms with van der Waals surface area (Å²) < 4.78 is 6.30. The maximum atomic E-state index is 5.15. The number of rotatable bonds is 0. The van der Waals surface area contributed by atoms with Crippen LogP contribution in [-0.4, -0.2) is 9.97 Å². The van der Waals surface area contributed by atoms with Gasteiger partial charge >= 0.3 is 0 Å². The quantitative estimate of drug-likeness (QED) is 0.528. The summed E-state index contributed by atoms with van der Waals surface area (Å²) in [6.45, 7) is 0. The highest BCUT2D eigenvalue weighted by Crippen LogP contribution is 2.23. The molecule has 0 N–H and O–H groups in total. The molecular formula is C8H4N2OS. The second-order valence-electron chi connectivity index (χ2n) is 2.49. The van der Waals surface area contributed by atoms with Crippen molar-refractivity contribution in [2.75, 3.05) is 0 Å². The molecule has 2 aromatic heterocycles. The van der Waals surface area contributed by atoms with Crippen LogP contribution in [0.2, 0.25) is 0 Å². The van der Waals surface area contributed by atoms with E-state index in [-0.39, 0.29) is 0 Å². The molecule has 0 fully saturated rings. The van der Waals surface area contributed by atoms with Crippen LogP contribution in [0.15, 0.2) is 28.5 Å². The Kier molecular flexibility index (Phi) is 1.04. The number of nitrogens with zero attached hydrogens (tertiary/aromatic N) is 2. The summed E-state index contributed by atoms with van der Waals surface area (Å²) in [7, 11) is 0. The molecule has 0 saturated heterocycles. The van der Waals surface area contributed by atoms with E-state index in [1.165, 1.54) is 6.39 Å². The maximum Gasteiger partial charge on any atom is 0.181 e. The number of aromatic nitrogens is 2. The zero-order valence-corrected chi connectivity index (χ0v) is 6.84. The molecule has 1 aromatic carbocycles. The molecule has 58 valence electrons. The second-order valence-corrected chi connectivity index (χ2v) is 3.38.